The average Bonchev–Trinajstić information content (AvgIpc) is 2.53. The lowest BCUT2D eigenvalue weighted by molar-refractivity contribution is -0.109. The first-order chi connectivity index (χ1) is 11.0. The summed E-state index contributed by atoms with van der Waals surface area (Å²) in [4.78, 5) is 23.9. The molecule has 0 fully saturated rings. The van der Waals surface area contributed by atoms with Crippen LogP contribution in [0.3, 0.4) is 0 Å². The highest BCUT2D eigenvalue weighted by molar-refractivity contribution is 5.84. The van der Waals surface area contributed by atoms with Gasteiger partial charge in [-0.1, -0.05) is 18.2 Å². The Kier molecular flexibility index (Phi) is 3.78. The number of benzene rings is 2. The zero-order valence-corrected chi connectivity index (χ0v) is 12.2. The number of carbonyl (C=O) groups excluding carboxylic acids is 1. The fourth-order valence-electron chi connectivity index (χ4n) is 2.52. The standard InChI is InChI=1S/C18H12F2O3/c1-10(9-21)18-15(11-4-2-5-12(19)8-11)17(22)16-13(20)6-3-7-14(16)23-18/h2-10H,1H3/t10-/m0/s1. The van der Waals surface area contributed by atoms with Crippen LogP contribution >= 0.6 is 0 Å². The Balaban J connectivity index is 2.47. The van der Waals surface area contributed by atoms with E-state index in [4.69, 9.17) is 4.42 Å². The first-order valence-corrected chi connectivity index (χ1v) is 6.99. The van der Waals surface area contributed by atoms with E-state index in [9.17, 15) is 18.4 Å². The normalized spacial score (nSPS) is 12.3. The van der Waals surface area contributed by atoms with Gasteiger partial charge in [-0.05, 0) is 36.8 Å². The molecule has 3 nitrogen and oxygen atoms in total. The van der Waals surface area contributed by atoms with Crippen molar-refractivity contribution in [2.75, 3.05) is 0 Å². The molecule has 23 heavy (non-hydrogen) atoms. The highest BCUT2D eigenvalue weighted by atomic mass is 19.1. The van der Waals surface area contributed by atoms with Crippen LogP contribution in [0.15, 0.2) is 51.7 Å². The van der Waals surface area contributed by atoms with Gasteiger partial charge in [0.2, 0.25) is 5.43 Å². The van der Waals surface area contributed by atoms with E-state index in [0.717, 1.165) is 12.1 Å². The second-order valence-corrected chi connectivity index (χ2v) is 5.22. The maximum absolute atomic E-state index is 14.0. The second-order valence-electron chi connectivity index (χ2n) is 5.22. The van der Waals surface area contributed by atoms with E-state index in [1.165, 1.54) is 30.3 Å². The Hall–Kier alpha value is -2.82. The van der Waals surface area contributed by atoms with Crippen LogP contribution in [-0.4, -0.2) is 6.29 Å². The monoisotopic (exact) mass is 314 g/mol. The van der Waals surface area contributed by atoms with Crippen LogP contribution in [0.1, 0.15) is 18.6 Å². The van der Waals surface area contributed by atoms with Crippen LogP contribution in [0.4, 0.5) is 8.78 Å². The van der Waals surface area contributed by atoms with Crippen molar-refractivity contribution >= 4 is 17.3 Å². The molecule has 3 rings (SSSR count). The zero-order chi connectivity index (χ0) is 16.6. The lowest BCUT2D eigenvalue weighted by Crippen LogP contribution is -2.12. The Bertz CT molecular complexity index is 960. The number of carbonyl (C=O) groups is 1. The van der Waals surface area contributed by atoms with Crippen LogP contribution in [0, 0.1) is 11.6 Å². The first-order valence-electron chi connectivity index (χ1n) is 6.99. The molecular weight excluding hydrogens is 302 g/mol. The lowest BCUT2D eigenvalue weighted by atomic mass is 9.96. The van der Waals surface area contributed by atoms with Gasteiger partial charge in [0.05, 0.1) is 11.5 Å². The molecule has 0 aliphatic carbocycles. The topological polar surface area (TPSA) is 47.3 Å². The molecule has 5 heteroatoms. The summed E-state index contributed by atoms with van der Waals surface area (Å²) >= 11 is 0. The van der Waals surface area contributed by atoms with E-state index < -0.39 is 23.0 Å². The van der Waals surface area contributed by atoms with E-state index >= 15 is 0 Å². The van der Waals surface area contributed by atoms with E-state index in [2.05, 4.69) is 0 Å². The molecule has 0 radical (unpaired) electrons. The third-order valence-corrected chi connectivity index (χ3v) is 3.63. The fraction of sp³-hybridized carbons (Fsp3) is 0.111. The molecule has 0 unspecified atom stereocenters. The maximum Gasteiger partial charge on any atom is 0.203 e. The molecule has 2 aromatic carbocycles. The average molecular weight is 314 g/mol. The van der Waals surface area contributed by atoms with Crippen LogP contribution < -0.4 is 5.43 Å². The van der Waals surface area contributed by atoms with Crippen molar-refractivity contribution < 1.29 is 18.0 Å². The van der Waals surface area contributed by atoms with Gasteiger partial charge in [-0.25, -0.2) is 8.78 Å². The van der Waals surface area contributed by atoms with Gasteiger partial charge < -0.3 is 9.21 Å². The Morgan fingerprint density at radius 3 is 2.57 bits per heavy atom. The highest BCUT2D eigenvalue weighted by Gasteiger charge is 2.22. The number of halogens is 2. The van der Waals surface area contributed by atoms with Crippen molar-refractivity contribution in [1.82, 2.24) is 0 Å². The van der Waals surface area contributed by atoms with E-state index in [0.29, 0.717) is 6.29 Å². The maximum atomic E-state index is 14.0. The summed E-state index contributed by atoms with van der Waals surface area (Å²) in [6.45, 7) is 1.55. The van der Waals surface area contributed by atoms with Crippen molar-refractivity contribution in [1.29, 1.82) is 0 Å². The van der Waals surface area contributed by atoms with Crippen LogP contribution in [0.2, 0.25) is 0 Å². The van der Waals surface area contributed by atoms with Gasteiger partial charge in [-0.2, -0.15) is 0 Å². The Morgan fingerprint density at radius 1 is 1.13 bits per heavy atom. The quantitative estimate of drug-likeness (QED) is 0.685. The summed E-state index contributed by atoms with van der Waals surface area (Å²) in [6, 6.07) is 9.36. The van der Waals surface area contributed by atoms with Crippen molar-refractivity contribution in [2.24, 2.45) is 0 Å². The van der Waals surface area contributed by atoms with Crippen molar-refractivity contribution in [2.45, 2.75) is 12.8 Å². The summed E-state index contributed by atoms with van der Waals surface area (Å²) in [6.07, 6.45) is 0.617. The molecule has 3 aromatic rings. The SMILES string of the molecule is C[C@@H](C=O)c1oc2cccc(F)c2c(=O)c1-c1cccc(F)c1. The van der Waals surface area contributed by atoms with E-state index in [-0.39, 0.29) is 27.9 Å². The summed E-state index contributed by atoms with van der Waals surface area (Å²) in [7, 11) is 0. The summed E-state index contributed by atoms with van der Waals surface area (Å²) in [5.74, 6) is -1.90. The predicted molar refractivity (Wildman–Crippen MR) is 82.3 cm³/mol. The van der Waals surface area contributed by atoms with Crippen LogP contribution in [0.25, 0.3) is 22.1 Å². The van der Waals surface area contributed by atoms with Gasteiger partial charge in [0.25, 0.3) is 0 Å². The smallest absolute Gasteiger partial charge is 0.203 e. The molecule has 1 aromatic heterocycles. The van der Waals surface area contributed by atoms with Crippen molar-refractivity contribution in [3.05, 3.63) is 70.1 Å². The molecule has 0 saturated heterocycles. The molecule has 0 spiro atoms. The van der Waals surface area contributed by atoms with E-state index in [1.54, 1.807) is 6.92 Å². The minimum atomic E-state index is -0.728. The van der Waals surface area contributed by atoms with Gasteiger partial charge in [0, 0.05) is 0 Å². The number of hydrogen-bond acceptors (Lipinski definition) is 3. The molecule has 116 valence electrons. The third-order valence-electron chi connectivity index (χ3n) is 3.63. The molecule has 0 bridgehead atoms. The second kappa shape index (κ2) is 5.76. The molecule has 0 aliphatic rings. The Morgan fingerprint density at radius 2 is 1.87 bits per heavy atom. The lowest BCUT2D eigenvalue weighted by Gasteiger charge is -2.12. The highest BCUT2D eigenvalue weighted by Crippen LogP contribution is 2.30. The number of rotatable bonds is 3. The third kappa shape index (κ3) is 2.54. The van der Waals surface area contributed by atoms with Gasteiger partial charge in [-0.3, -0.25) is 4.79 Å². The van der Waals surface area contributed by atoms with Crippen LogP contribution in [0.5, 0.6) is 0 Å². The van der Waals surface area contributed by atoms with Gasteiger partial charge in [-0.15, -0.1) is 0 Å². The molecule has 0 amide bonds. The molecule has 0 saturated carbocycles. The van der Waals surface area contributed by atoms with Gasteiger partial charge in [0.15, 0.2) is 0 Å². The molecule has 0 aliphatic heterocycles. The van der Waals surface area contributed by atoms with Gasteiger partial charge >= 0.3 is 0 Å². The molecular formula is C18H12F2O3. The van der Waals surface area contributed by atoms with Crippen molar-refractivity contribution in [3.63, 3.8) is 0 Å². The number of aldehydes is 1. The minimum absolute atomic E-state index is 0.00157. The van der Waals surface area contributed by atoms with E-state index in [1.807, 2.05) is 0 Å². The van der Waals surface area contributed by atoms with Gasteiger partial charge in [0.1, 0.15) is 34.7 Å². The predicted octanol–water partition coefficient (Wildman–Crippen LogP) is 4.04. The van der Waals surface area contributed by atoms with Crippen molar-refractivity contribution in [3.8, 4) is 11.1 Å². The number of hydrogen-bond donors (Lipinski definition) is 0. The summed E-state index contributed by atoms with van der Waals surface area (Å²) in [5.41, 5.74) is -0.327. The summed E-state index contributed by atoms with van der Waals surface area (Å²) < 4.78 is 33.2. The summed E-state index contributed by atoms with van der Waals surface area (Å²) in [5, 5.41) is -0.214. The van der Waals surface area contributed by atoms with Crippen LogP contribution in [-0.2, 0) is 4.79 Å². The first kappa shape index (κ1) is 15.1. The minimum Gasteiger partial charge on any atom is -0.459 e. The largest absolute Gasteiger partial charge is 0.459 e. The number of fused-ring (bicyclic) bond motifs is 1. The zero-order valence-electron chi connectivity index (χ0n) is 12.2. The molecule has 1 atom stereocenters. The molecule has 1 heterocycles. The fourth-order valence-corrected chi connectivity index (χ4v) is 2.52. The Labute approximate surface area is 130 Å². The molecule has 0 N–H and O–H groups in total.